The van der Waals surface area contributed by atoms with E-state index in [4.69, 9.17) is 0 Å². The molecule has 0 amide bonds. The van der Waals surface area contributed by atoms with Crippen molar-refractivity contribution in [1.29, 1.82) is 0 Å². The monoisotopic (exact) mass is 604 g/mol. The van der Waals surface area contributed by atoms with E-state index in [9.17, 15) is 0 Å². The van der Waals surface area contributed by atoms with Crippen LogP contribution < -0.4 is 0 Å². The summed E-state index contributed by atoms with van der Waals surface area (Å²) in [6.07, 6.45) is 4.53. The van der Waals surface area contributed by atoms with Gasteiger partial charge in [0.15, 0.2) is 0 Å². The third-order valence-corrected chi connectivity index (χ3v) is 10.8. The summed E-state index contributed by atoms with van der Waals surface area (Å²) in [4.78, 5) is 0. The lowest BCUT2D eigenvalue weighted by atomic mass is 9.85. The molecule has 0 bridgehead atoms. The van der Waals surface area contributed by atoms with Gasteiger partial charge in [0.2, 0.25) is 0 Å². The Bertz CT molecular complexity index is 2660. The lowest BCUT2D eigenvalue weighted by Crippen LogP contribution is -1.95. The van der Waals surface area contributed by atoms with Gasteiger partial charge in [0, 0.05) is 0 Å². The number of fused-ring (bicyclic) bond motifs is 2. The molecule has 0 fully saturated rings. The third-order valence-electron chi connectivity index (χ3n) is 10.8. The number of benzene rings is 9. The van der Waals surface area contributed by atoms with E-state index in [1.807, 2.05) is 0 Å². The number of hydrogen-bond acceptors (Lipinski definition) is 0. The Hall–Kier alpha value is -6.24. The second-order valence-electron chi connectivity index (χ2n) is 13.1. The molecule has 9 aromatic rings. The molecule has 0 radical (unpaired) electrons. The molecule has 0 heteroatoms. The van der Waals surface area contributed by atoms with Crippen molar-refractivity contribution in [2.24, 2.45) is 0 Å². The first-order valence-corrected chi connectivity index (χ1v) is 16.8. The Morgan fingerprint density at radius 3 is 1.06 bits per heavy atom. The van der Waals surface area contributed by atoms with Crippen LogP contribution in [0.1, 0.15) is 33.4 Å². The molecule has 0 N–H and O–H groups in total. The summed E-state index contributed by atoms with van der Waals surface area (Å²) in [5, 5.41) is 10.9. The molecule has 0 unspecified atom stereocenters. The maximum atomic E-state index is 2.41. The van der Waals surface area contributed by atoms with Crippen molar-refractivity contribution in [3.8, 4) is 22.3 Å². The summed E-state index contributed by atoms with van der Waals surface area (Å²) in [7, 11) is 0. The summed E-state index contributed by atoms with van der Waals surface area (Å²) in [5.41, 5.74) is 15.4. The molecule has 9 aromatic carbocycles. The highest BCUT2D eigenvalue weighted by atomic mass is 14.3. The fraction of sp³-hybridized carbons (Fsp3) is 0. The third kappa shape index (κ3) is 3.39. The van der Waals surface area contributed by atoms with Gasteiger partial charge in [0.05, 0.1) is 0 Å². The fourth-order valence-corrected chi connectivity index (χ4v) is 8.79. The van der Waals surface area contributed by atoms with Crippen LogP contribution in [-0.4, -0.2) is 0 Å². The van der Waals surface area contributed by atoms with Gasteiger partial charge in [-0.2, -0.15) is 0 Å². The van der Waals surface area contributed by atoms with E-state index in [-0.39, 0.29) is 0 Å². The summed E-state index contributed by atoms with van der Waals surface area (Å²) in [6.45, 7) is 0. The average molecular weight is 605 g/mol. The Labute approximate surface area is 278 Å². The molecule has 2 aliphatic rings. The van der Waals surface area contributed by atoms with Crippen LogP contribution in [-0.2, 0) is 0 Å². The smallest absolute Gasteiger partial charge is 0.00134 e. The summed E-state index contributed by atoms with van der Waals surface area (Å²) >= 11 is 0. The molecule has 0 heterocycles. The fourth-order valence-electron chi connectivity index (χ4n) is 8.79. The molecular weight excluding hydrogens is 577 g/mol. The first-order chi connectivity index (χ1) is 23.8. The van der Waals surface area contributed by atoms with Crippen LogP contribution >= 0.6 is 0 Å². The Kier molecular flexibility index (Phi) is 5.20. The van der Waals surface area contributed by atoms with Crippen molar-refractivity contribution in [1.82, 2.24) is 0 Å². The van der Waals surface area contributed by atoms with Crippen LogP contribution in [0.5, 0.6) is 0 Å². The second-order valence-corrected chi connectivity index (χ2v) is 13.1. The zero-order chi connectivity index (χ0) is 31.3. The van der Waals surface area contributed by atoms with Crippen LogP contribution in [0, 0.1) is 0 Å². The molecule has 0 atom stereocenters. The zero-order valence-corrected chi connectivity index (χ0v) is 26.2. The van der Waals surface area contributed by atoms with Crippen LogP contribution in [0.4, 0.5) is 0 Å². The van der Waals surface area contributed by atoms with E-state index in [1.54, 1.807) is 0 Å². The van der Waals surface area contributed by atoms with E-state index in [0.717, 1.165) is 0 Å². The largest absolute Gasteiger partial charge is 0.0622 e. The van der Waals surface area contributed by atoms with Crippen molar-refractivity contribution in [2.75, 3.05) is 0 Å². The SMILES string of the molecule is C1=Cc2ccc3c4ccc5c6c(ccc(c7ccc1c2c73)c64)C(c1ccccc1-c1ccccc1)=C5c1ccccc1-c1ccccc1. The van der Waals surface area contributed by atoms with E-state index < -0.39 is 0 Å². The molecule has 0 nitrogen and oxygen atoms in total. The minimum atomic E-state index is 1.23. The maximum Gasteiger partial charge on any atom is -0.00134 e. The van der Waals surface area contributed by atoms with E-state index in [0.29, 0.717) is 0 Å². The molecule has 11 rings (SSSR count). The first-order valence-electron chi connectivity index (χ1n) is 16.8. The highest BCUT2D eigenvalue weighted by Crippen LogP contribution is 2.54. The molecule has 0 saturated heterocycles. The second kappa shape index (κ2) is 9.64. The summed E-state index contributed by atoms with van der Waals surface area (Å²) in [5.74, 6) is 0. The molecule has 2 aliphatic carbocycles. The predicted molar refractivity (Wildman–Crippen MR) is 205 cm³/mol. The first kappa shape index (κ1) is 25.9. The van der Waals surface area contributed by atoms with Crippen LogP contribution in [0.15, 0.2) is 158 Å². The van der Waals surface area contributed by atoms with Gasteiger partial charge < -0.3 is 0 Å². The Balaban J connectivity index is 1.30. The molecule has 0 aromatic heterocycles. The Morgan fingerprint density at radius 2 is 0.604 bits per heavy atom. The van der Waals surface area contributed by atoms with Crippen molar-refractivity contribution >= 4 is 66.4 Å². The molecule has 0 aliphatic heterocycles. The molecule has 48 heavy (non-hydrogen) atoms. The van der Waals surface area contributed by atoms with Crippen molar-refractivity contribution < 1.29 is 0 Å². The summed E-state index contributed by atoms with van der Waals surface area (Å²) in [6, 6.07) is 58.6. The standard InChI is InChI=1S/C48H28/c1-3-11-29(12-4-1)33-15-7-9-17-35(33)46-41-27-25-39-37-23-21-31-19-20-32-22-24-38(44(37)43(31)32)40-26-28-42(48(41)45(39)40)47(46)36-18-10-8-16-34(36)30-13-5-2-6-14-30/h1-28H. The maximum absolute atomic E-state index is 2.41. The van der Waals surface area contributed by atoms with Crippen LogP contribution in [0.2, 0.25) is 0 Å². The van der Waals surface area contributed by atoms with Gasteiger partial charge in [-0.3, -0.25) is 0 Å². The van der Waals surface area contributed by atoms with E-state index in [1.165, 1.54) is 110 Å². The molecule has 220 valence electrons. The van der Waals surface area contributed by atoms with Gasteiger partial charge in [-0.25, -0.2) is 0 Å². The minimum Gasteiger partial charge on any atom is -0.0622 e. The molecule has 0 saturated carbocycles. The number of rotatable bonds is 4. The zero-order valence-electron chi connectivity index (χ0n) is 26.2. The normalized spacial score (nSPS) is 13.2. The molecular formula is C48H28. The minimum absolute atomic E-state index is 1.23. The summed E-state index contributed by atoms with van der Waals surface area (Å²) < 4.78 is 0. The molecule has 0 spiro atoms. The van der Waals surface area contributed by atoms with Gasteiger partial charge in [-0.05, 0) is 110 Å². The number of hydrogen-bond donors (Lipinski definition) is 0. The topological polar surface area (TPSA) is 0 Å². The predicted octanol–water partition coefficient (Wildman–Crippen LogP) is 12.9. The van der Waals surface area contributed by atoms with Crippen LogP contribution in [0.3, 0.4) is 0 Å². The van der Waals surface area contributed by atoms with E-state index >= 15 is 0 Å². The highest BCUT2D eigenvalue weighted by molar-refractivity contribution is 6.38. The van der Waals surface area contributed by atoms with Gasteiger partial charge in [-0.1, -0.05) is 170 Å². The highest BCUT2D eigenvalue weighted by Gasteiger charge is 2.31. The van der Waals surface area contributed by atoms with Gasteiger partial charge in [0.25, 0.3) is 0 Å². The van der Waals surface area contributed by atoms with E-state index in [2.05, 4.69) is 170 Å². The Morgan fingerprint density at radius 1 is 0.229 bits per heavy atom. The van der Waals surface area contributed by atoms with Gasteiger partial charge >= 0.3 is 0 Å². The lowest BCUT2D eigenvalue weighted by molar-refractivity contribution is 1.54. The van der Waals surface area contributed by atoms with Crippen molar-refractivity contribution in [3.63, 3.8) is 0 Å². The quantitative estimate of drug-likeness (QED) is 0.138. The van der Waals surface area contributed by atoms with Crippen molar-refractivity contribution in [3.05, 3.63) is 191 Å². The van der Waals surface area contributed by atoms with Crippen LogP contribution in [0.25, 0.3) is 88.6 Å². The van der Waals surface area contributed by atoms with Crippen molar-refractivity contribution in [2.45, 2.75) is 0 Å². The lowest BCUT2D eigenvalue weighted by Gasteiger charge is -2.18. The van der Waals surface area contributed by atoms with Gasteiger partial charge in [-0.15, -0.1) is 0 Å². The van der Waals surface area contributed by atoms with Gasteiger partial charge in [0.1, 0.15) is 0 Å². The average Bonchev–Trinajstić information content (AvgIpc) is 3.74.